The molecule has 4 aliphatic rings. The lowest BCUT2D eigenvalue weighted by atomic mass is 9.44. The molecule has 0 heterocycles. The summed E-state index contributed by atoms with van der Waals surface area (Å²) < 4.78 is 0. The van der Waals surface area contributed by atoms with Crippen molar-refractivity contribution in [2.24, 2.45) is 34.5 Å². The van der Waals surface area contributed by atoms with E-state index in [4.69, 9.17) is 0 Å². The Hall–Kier alpha value is -1.38. The van der Waals surface area contributed by atoms with E-state index in [9.17, 15) is 10.2 Å². The highest BCUT2D eigenvalue weighted by atomic mass is 16.3. The summed E-state index contributed by atoms with van der Waals surface area (Å²) in [5.74, 6) is 2.61. The quantitative estimate of drug-likeness (QED) is 0.533. The van der Waals surface area contributed by atoms with Gasteiger partial charge in [0, 0.05) is 0 Å². The molecule has 1 aromatic rings. The number of hydrogen-bond donors (Lipinski definition) is 2. The molecular weight excluding hydrogens is 392 g/mol. The molecule has 0 spiro atoms. The highest BCUT2D eigenvalue weighted by Crippen LogP contribution is 2.69. The van der Waals surface area contributed by atoms with E-state index in [0.717, 1.165) is 44.9 Å². The van der Waals surface area contributed by atoms with Crippen molar-refractivity contribution in [1.29, 1.82) is 0 Å². The van der Waals surface area contributed by atoms with Crippen molar-refractivity contribution in [1.82, 2.24) is 0 Å². The first-order chi connectivity index (χ1) is 15.2. The van der Waals surface area contributed by atoms with Crippen molar-refractivity contribution < 1.29 is 10.2 Å². The Morgan fingerprint density at radius 2 is 1.69 bits per heavy atom. The summed E-state index contributed by atoms with van der Waals surface area (Å²) in [5.41, 5.74) is 2.66. The van der Waals surface area contributed by atoms with Gasteiger partial charge in [0.2, 0.25) is 0 Å². The third-order valence-electron chi connectivity index (χ3n) is 10.6. The molecule has 3 fully saturated rings. The smallest absolute Gasteiger partial charge is 0.0724 e. The SMILES string of the molecule is C[C@]12CC[C@H](O)C=C1C[C@@H](C/C=C/Cc1ccccc1)C1C2CC[C@@]2(C)C1CC[C@]2(C)O. The molecule has 8 atom stereocenters. The molecule has 1 aromatic carbocycles. The topological polar surface area (TPSA) is 40.5 Å². The Bertz CT molecular complexity index is 883. The minimum absolute atomic E-state index is 0.0475. The molecular formula is C30H42O2. The molecule has 0 saturated heterocycles. The van der Waals surface area contributed by atoms with Crippen molar-refractivity contribution in [2.45, 2.75) is 90.3 Å². The maximum atomic E-state index is 11.3. The van der Waals surface area contributed by atoms with Gasteiger partial charge in [0.25, 0.3) is 0 Å². The molecule has 2 nitrogen and oxygen atoms in total. The number of benzene rings is 1. The van der Waals surface area contributed by atoms with E-state index in [1.165, 1.54) is 24.0 Å². The van der Waals surface area contributed by atoms with E-state index in [1.807, 2.05) is 0 Å². The normalized spacial score (nSPS) is 45.8. The van der Waals surface area contributed by atoms with Crippen LogP contribution in [0.3, 0.4) is 0 Å². The minimum Gasteiger partial charge on any atom is -0.390 e. The summed E-state index contributed by atoms with van der Waals surface area (Å²) in [6.45, 7) is 7.00. The Labute approximate surface area is 194 Å². The van der Waals surface area contributed by atoms with Gasteiger partial charge in [0.15, 0.2) is 0 Å². The second-order valence-electron chi connectivity index (χ2n) is 12.1. The monoisotopic (exact) mass is 434 g/mol. The van der Waals surface area contributed by atoms with Crippen LogP contribution in [-0.4, -0.2) is 21.9 Å². The molecule has 2 heteroatoms. The number of allylic oxidation sites excluding steroid dienone is 3. The molecule has 0 aromatic heterocycles. The Kier molecular flexibility index (Phi) is 5.70. The highest BCUT2D eigenvalue weighted by molar-refractivity contribution is 5.28. The van der Waals surface area contributed by atoms with Crippen LogP contribution < -0.4 is 0 Å². The zero-order chi connectivity index (χ0) is 22.6. The van der Waals surface area contributed by atoms with Gasteiger partial charge >= 0.3 is 0 Å². The first-order valence-electron chi connectivity index (χ1n) is 13.1. The minimum atomic E-state index is -0.532. The van der Waals surface area contributed by atoms with Gasteiger partial charge in [-0.05, 0) is 105 Å². The number of aliphatic hydroxyl groups excluding tert-OH is 1. The number of aliphatic hydroxyl groups is 2. The summed E-state index contributed by atoms with van der Waals surface area (Å²) in [7, 11) is 0. The zero-order valence-electron chi connectivity index (χ0n) is 20.3. The van der Waals surface area contributed by atoms with Crippen LogP contribution in [-0.2, 0) is 6.42 Å². The molecule has 3 unspecified atom stereocenters. The van der Waals surface area contributed by atoms with Gasteiger partial charge < -0.3 is 10.2 Å². The van der Waals surface area contributed by atoms with Crippen molar-refractivity contribution >= 4 is 0 Å². The van der Waals surface area contributed by atoms with Crippen LogP contribution in [0.5, 0.6) is 0 Å². The third-order valence-corrected chi connectivity index (χ3v) is 10.6. The number of rotatable bonds is 4. The second-order valence-corrected chi connectivity index (χ2v) is 12.1. The highest BCUT2D eigenvalue weighted by Gasteiger charge is 2.63. The third kappa shape index (κ3) is 3.53. The Morgan fingerprint density at radius 3 is 2.47 bits per heavy atom. The van der Waals surface area contributed by atoms with E-state index in [0.29, 0.717) is 23.7 Å². The van der Waals surface area contributed by atoms with E-state index < -0.39 is 5.60 Å². The number of fused-ring (bicyclic) bond motifs is 5. The first-order valence-corrected chi connectivity index (χ1v) is 13.1. The van der Waals surface area contributed by atoms with Gasteiger partial charge in [0.1, 0.15) is 0 Å². The van der Waals surface area contributed by atoms with Crippen molar-refractivity contribution in [3.05, 3.63) is 59.7 Å². The van der Waals surface area contributed by atoms with Crippen molar-refractivity contribution in [3.8, 4) is 0 Å². The average molecular weight is 435 g/mol. The average Bonchev–Trinajstić information content (AvgIpc) is 3.02. The van der Waals surface area contributed by atoms with Crippen LogP contribution >= 0.6 is 0 Å². The van der Waals surface area contributed by atoms with Crippen molar-refractivity contribution in [2.75, 3.05) is 0 Å². The standard InChI is InChI=1S/C30H42O2/c1-28-16-13-24(31)20-23(28)19-22(12-8-7-11-21-9-5-4-6-10-21)27-25(28)14-17-29(2)26(27)15-18-30(29,3)32/h4-10,20,22,24-27,31-32H,11-19H2,1-3H3/b8-7+/t22-,24+,25?,26?,27?,28+,29+,30+/m1/s1. The van der Waals surface area contributed by atoms with E-state index >= 15 is 0 Å². The van der Waals surface area contributed by atoms with Gasteiger partial charge in [-0.1, -0.05) is 68.0 Å². The molecule has 2 N–H and O–H groups in total. The molecule has 0 amide bonds. The molecule has 0 aliphatic heterocycles. The second kappa shape index (κ2) is 8.13. The molecule has 174 valence electrons. The van der Waals surface area contributed by atoms with E-state index in [2.05, 4.69) is 69.3 Å². The van der Waals surface area contributed by atoms with Crippen LogP contribution in [0.25, 0.3) is 0 Å². The molecule has 0 radical (unpaired) electrons. The lowest BCUT2D eigenvalue weighted by molar-refractivity contribution is -0.132. The Morgan fingerprint density at radius 1 is 0.938 bits per heavy atom. The molecule has 4 aliphatic carbocycles. The Balaban J connectivity index is 1.43. The lowest BCUT2D eigenvalue weighted by Gasteiger charge is -2.61. The zero-order valence-corrected chi connectivity index (χ0v) is 20.3. The maximum absolute atomic E-state index is 11.3. The van der Waals surface area contributed by atoms with Crippen molar-refractivity contribution in [3.63, 3.8) is 0 Å². The van der Waals surface area contributed by atoms with Gasteiger partial charge in [-0.3, -0.25) is 0 Å². The van der Waals surface area contributed by atoms with Crippen LogP contribution in [0.1, 0.15) is 77.7 Å². The molecule has 3 saturated carbocycles. The summed E-state index contributed by atoms with van der Waals surface area (Å²) in [6, 6.07) is 10.7. The van der Waals surface area contributed by atoms with E-state index in [1.54, 1.807) is 0 Å². The molecule has 0 bridgehead atoms. The van der Waals surface area contributed by atoms with Crippen LogP contribution in [0.4, 0.5) is 0 Å². The summed E-state index contributed by atoms with van der Waals surface area (Å²) in [4.78, 5) is 0. The lowest BCUT2D eigenvalue weighted by Crippen LogP contribution is -2.56. The van der Waals surface area contributed by atoms with Gasteiger partial charge in [-0.15, -0.1) is 0 Å². The maximum Gasteiger partial charge on any atom is 0.0724 e. The van der Waals surface area contributed by atoms with Gasteiger partial charge in [-0.25, -0.2) is 0 Å². The van der Waals surface area contributed by atoms with Gasteiger partial charge in [-0.2, -0.15) is 0 Å². The van der Waals surface area contributed by atoms with Crippen LogP contribution in [0.2, 0.25) is 0 Å². The first kappa shape index (κ1) is 22.4. The fourth-order valence-corrected chi connectivity index (χ4v) is 8.44. The van der Waals surface area contributed by atoms with Crippen LogP contribution in [0, 0.1) is 34.5 Å². The summed E-state index contributed by atoms with van der Waals surface area (Å²) in [6.07, 6.45) is 16.5. The summed E-state index contributed by atoms with van der Waals surface area (Å²) in [5, 5.41) is 21.8. The van der Waals surface area contributed by atoms with E-state index in [-0.39, 0.29) is 16.9 Å². The van der Waals surface area contributed by atoms with Crippen LogP contribution in [0.15, 0.2) is 54.1 Å². The fourth-order valence-electron chi connectivity index (χ4n) is 8.44. The molecule has 5 rings (SSSR count). The predicted octanol–water partition coefficient (Wildman–Crippen LogP) is 6.48. The fraction of sp³-hybridized carbons (Fsp3) is 0.667. The molecule has 32 heavy (non-hydrogen) atoms. The summed E-state index contributed by atoms with van der Waals surface area (Å²) >= 11 is 0. The predicted molar refractivity (Wildman–Crippen MR) is 131 cm³/mol. The van der Waals surface area contributed by atoms with Gasteiger partial charge in [0.05, 0.1) is 11.7 Å². The number of hydrogen-bond acceptors (Lipinski definition) is 2. The largest absolute Gasteiger partial charge is 0.390 e.